The lowest BCUT2D eigenvalue weighted by Crippen LogP contribution is -2.29. The Hall–Kier alpha value is -3.90. The molecule has 4 rings (SSSR count). The maximum Gasteiger partial charge on any atom is 0.416 e. The summed E-state index contributed by atoms with van der Waals surface area (Å²) in [5.41, 5.74) is 2.09. The number of rotatable bonds is 5. The number of carbonyl (C=O) groups excluding carboxylic acids is 1. The number of nitrogens with one attached hydrogen (secondary N) is 1. The van der Waals surface area contributed by atoms with Gasteiger partial charge >= 0.3 is 6.18 Å². The fraction of sp³-hybridized carbons (Fsp3) is 0.167. The molecule has 2 heterocycles. The van der Waals surface area contributed by atoms with Crippen LogP contribution in [0.5, 0.6) is 0 Å². The third-order valence-corrected chi connectivity index (χ3v) is 5.46. The average molecular weight is 484 g/mol. The van der Waals surface area contributed by atoms with Crippen molar-refractivity contribution >= 4 is 28.9 Å². The highest BCUT2D eigenvalue weighted by atomic mass is 35.5. The van der Waals surface area contributed by atoms with Crippen LogP contribution in [0.3, 0.4) is 0 Å². The molecule has 0 bridgehead atoms. The Morgan fingerprint density at radius 3 is 2.41 bits per heavy atom. The summed E-state index contributed by atoms with van der Waals surface area (Å²) in [6.07, 6.45) is -2.96. The van der Waals surface area contributed by atoms with E-state index in [9.17, 15) is 18.0 Å². The number of nitriles is 1. The van der Waals surface area contributed by atoms with Crippen LogP contribution in [0.2, 0.25) is 5.02 Å². The van der Waals surface area contributed by atoms with Crippen molar-refractivity contribution in [1.29, 1.82) is 5.26 Å². The number of pyridine rings is 1. The standard InChI is InChI=1S/C24H17ClF3N5O/c25-18-6-2-16(3-7-18)23-20(21-10-1-15(11-29)12-30-21)13-33(32-23)14-22(34)31-19-8-4-17(5-9-19)24(26,27)28/h1-10,12,20H,13-14H2,(H,31,34). The summed E-state index contributed by atoms with van der Waals surface area (Å²) in [6, 6.07) is 16.8. The molecule has 2 aromatic carbocycles. The van der Waals surface area contributed by atoms with E-state index in [1.807, 2.05) is 18.2 Å². The molecule has 10 heteroatoms. The number of carbonyl (C=O) groups is 1. The largest absolute Gasteiger partial charge is 0.416 e. The van der Waals surface area contributed by atoms with E-state index in [0.717, 1.165) is 17.7 Å². The van der Waals surface area contributed by atoms with Crippen molar-refractivity contribution in [2.24, 2.45) is 5.10 Å². The van der Waals surface area contributed by atoms with Crippen LogP contribution in [-0.2, 0) is 11.0 Å². The molecule has 0 saturated carbocycles. The van der Waals surface area contributed by atoms with Gasteiger partial charge in [-0.1, -0.05) is 23.7 Å². The van der Waals surface area contributed by atoms with Gasteiger partial charge in [-0.2, -0.15) is 23.5 Å². The fourth-order valence-electron chi connectivity index (χ4n) is 3.56. The van der Waals surface area contributed by atoms with Gasteiger partial charge in [0.25, 0.3) is 0 Å². The molecule has 0 saturated heterocycles. The number of alkyl halides is 3. The molecule has 1 amide bonds. The highest BCUT2D eigenvalue weighted by Gasteiger charge is 2.32. The van der Waals surface area contributed by atoms with Crippen LogP contribution in [0.25, 0.3) is 0 Å². The van der Waals surface area contributed by atoms with Gasteiger partial charge in [-0.3, -0.25) is 14.8 Å². The van der Waals surface area contributed by atoms with Crippen LogP contribution in [0.1, 0.15) is 28.3 Å². The zero-order valence-corrected chi connectivity index (χ0v) is 18.3. The van der Waals surface area contributed by atoms with Crippen LogP contribution in [0.15, 0.2) is 72.0 Å². The van der Waals surface area contributed by atoms with E-state index in [1.165, 1.54) is 18.3 Å². The molecule has 1 atom stereocenters. The minimum Gasteiger partial charge on any atom is -0.324 e. The molecular weight excluding hydrogens is 467 g/mol. The second kappa shape index (κ2) is 9.53. The maximum atomic E-state index is 12.7. The Kier molecular flexibility index (Phi) is 6.52. The highest BCUT2D eigenvalue weighted by Crippen LogP contribution is 2.30. The molecule has 1 N–H and O–H groups in total. The average Bonchev–Trinajstić information content (AvgIpc) is 3.23. The maximum absolute atomic E-state index is 12.7. The first kappa shape index (κ1) is 23.3. The molecule has 0 spiro atoms. The third kappa shape index (κ3) is 5.35. The summed E-state index contributed by atoms with van der Waals surface area (Å²) < 4.78 is 38.2. The van der Waals surface area contributed by atoms with Gasteiger partial charge in [-0.05, 0) is 54.1 Å². The molecule has 34 heavy (non-hydrogen) atoms. The van der Waals surface area contributed by atoms with Gasteiger partial charge in [0.05, 0.1) is 35.0 Å². The van der Waals surface area contributed by atoms with Crippen LogP contribution in [0.4, 0.5) is 18.9 Å². The van der Waals surface area contributed by atoms with Gasteiger partial charge < -0.3 is 5.32 Å². The quantitative estimate of drug-likeness (QED) is 0.549. The summed E-state index contributed by atoms with van der Waals surface area (Å²) >= 11 is 6.01. The SMILES string of the molecule is N#Cc1ccc(C2CN(CC(=O)Nc3ccc(C(F)(F)F)cc3)N=C2c2ccc(Cl)cc2)nc1. The zero-order chi connectivity index (χ0) is 24.3. The van der Waals surface area contributed by atoms with Crippen molar-refractivity contribution in [2.45, 2.75) is 12.1 Å². The molecule has 172 valence electrons. The lowest BCUT2D eigenvalue weighted by atomic mass is 9.94. The topological polar surface area (TPSA) is 81.4 Å². The molecular formula is C24H17ClF3N5O. The van der Waals surface area contributed by atoms with E-state index >= 15 is 0 Å². The lowest BCUT2D eigenvalue weighted by Gasteiger charge is -2.16. The highest BCUT2D eigenvalue weighted by molar-refractivity contribution is 6.30. The summed E-state index contributed by atoms with van der Waals surface area (Å²) in [4.78, 5) is 16.9. The van der Waals surface area contributed by atoms with Crippen LogP contribution < -0.4 is 5.32 Å². The molecule has 3 aromatic rings. The number of benzene rings is 2. The monoisotopic (exact) mass is 483 g/mol. The number of nitrogens with zero attached hydrogens (tertiary/aromatic N) is 4. The minimum absolute atomic E-state index is 0.106. The Morgan fingerprint density at radius 1 is 1.12 bits per heavy atom. The molecule has 6 nitrogen and oxygen atoms in total. The third-order valence-electron chi connectivity index (χ3n) is 5.21. The van der Waals surface area contributed by atoms with Gasteiger partial charge in [0.2, 0.25) is 5.91 Å². The van der Waals surface area contributed by atoms with Crippen molar-refractivity contribution in [3.05, 3.63) is 94.3 Å². The van der Waals surface area contributed by atoms with E-state index in [2.05, 4.69) is 15.4 Å². The van der Waals surface area contributed by atoms with E-state index in [-0.39, 0.29) is 18.2 Å². The first-order valence-electron chi connectivity index (χ1n) is 10.2. The number of hydrazone groups is 1. The number of hydrogen-bond donors (Lipinski definition) is 1. The van der Waals surface area contributed by atoms with Crippen LogP contribution >= 0.6 is 11.6 Å². The molecule has 0 radical (unpaired) electrons. The Labute approximate surface area is 198 Å². The molecule has 1 unspecified atom stereocenters. The predicted octanol–water partition coefficient (Wildman–Crippen LogP) is 5.07. The number of amides is 1. The summed E-state index contributed by atoms with van der Waals surface area (Å²) in [7, 11) is 0. The fourth-order valence-corrected chi connectivity index (χ4v) is 3.69. The molecule has 0 aliphatic carbocycles. The Morgan fingerprint density at radius 2 is 1.82 bits per heavy atom. The summed E-state index contributed by atoms with van der Waals surface area (Å²) in [5, 5.41) is 18.4. The zero-order valence-electron chi connectivity index (χ0n) is 17.6. The first-order chi connectivity index (χ1) is 16.2. The van der Waals surface area contributed by atoms with Crippen LogP contribution in [-0.4, -0.2) is 34.7 Å². The van der Waals surface area contributed by atoms with Crippen molar-refractivity contribution < 1.29 is 18.0 Å². The molecule has 0 fully saturated rings. The molecule has 1 aliphatic heterocycles. The van der Waals surface area contributed by atoms with E-state index in [0.29, 0.717) is 28.5 Å². The molecule has 1 aromatic heterocycles. The predicted molar refractivity (Wildman–Crippen MR) is 121 cm³/mol. The summed E-state index contributed by atoms with van der Waals surface area (Å²) in [6.45, 7) is 0.252. The van der Waals surface area contributed by atoms with Gasteiger partial charge in [-0.15, -0.1) is 0 Å². The number of halogens is 4. The van der Waals surface area contributed by atoms with Gasteiger partial charge in [-0.25, -0.2) is 0 Å². The van der Waals surface area contributed by atoms with E-state index in [1.54, 1.807) is 29.3 Å². The van der Waals surface area contributed by atoms with Crippen molar-refractivity contribution in [1.82, 2.24) is 9.99 Å². The van der Waals surface area contributed by atoms with Crippen molar-refractivity contribution in [3.8, 4) is 6.07 Å². The lowest BCUT2D eigenvalue weighted by molar-refractivity contribution is -0.137. The second-order valence-electron chi connectivity index (χ2n) is 7.60. The van der Waals surface area contributed by atoms with Gasteiger partial charge in [0.1, 0.15) is 12.6 Å². The van der Waals surface area contributed by atoms with E-state index in [4.69, 9.17) is 16.9 Å². The smallest absolute Gasteiger partial charge is 0.324 e. The number of hydrogen-bond acceptors (Lipinski definition) is 5. The molecule has 1 aliphatic rings. The minimum atomic E-state index is -4.45. The second-order valence-corrected chi connectivity index (χ2v) is 8.04. The van der Waals surface area contributed by atoms with Crippen molar-refractivity contribution in [2.75, 3.05) is 18.4 Å². The van der Waals surface area contributed by atoms with Gasteiger partial charge in [0, 0.05) is 16.9 Å². The first-order valence-corrected chi connectivity index (χ1v) is 10.5. The number of anilines is 1. The van der Waals surface area contributed by atoms with E-state index < -0.39 is 17.6 Å². The van der Waals surface area contributed by atoms with Crippen LogP contribution in [0, 0.1) is 11.3 Å². The summed E-state index contributed by atoms with van der Waals surface area (Å²) in [5.74, 6) is -0.680. The normalized spacial score (nSPS) is 15.6. The van der Waals surface area contributed by atoms with Crippen molar-refractivity contribution in [3.63, 3.8) is 0 Å². The Balaban J connectivity index is 1.51. The Bertz CT molecular complexity index is 1250. The van der Waals surface area contributed by atoms with Gasteiger partial charge in [0.15, 0.2) is 0 Å². The number of aromatic nitrogens is 1.